The molecule has 1 heterocycles. The van der Waals surface area contributed by atoms with Gasteiger partial charge >= 0.3 is 11.9 Å². The van der Waals surface area contributed by atoms with Crippen LogP contribution in [0.4, 0.5) is 0 Å². The lowest BCUT2D eigenvalue weighted by molar-refractivity contribution is -0.145. The topological polar surface area (TPSA) is 129 Å². The minimum atomic E-state index is -1.48. The highest BCUT2D eigenvalue weighted by Crippen LogP contribution is 1.98. The van der Waals surface area contributed by atoms with Crippen molar-refractivity contribution in [3.63, 3.8) is 0 Å². The van der Waals surface area contributed by atoms with Crippen LogP contribution in [0.1, 0.15) is 16.8 Å². The molecular formula is C9H9N3O5. The Kier molecular flexibility index (Phi) is 4.09. The highest BCUT2D eigenvalue weighted by molar-refractivity contribution is 5.96. The second kappa shape index (κ2) is 5.54. The van der Waals surface area contributed by atoms with Gasteiger partial charge in [0.2, 0.25) is 0 Å². The molecule has 1 aromatic rings. The predicted molar refractivity (Wildman–Crippen MR) is 53.2 cm³/mol. The molecule has 1 atom stereocenters. The largest absolute Gasteiger partial charge is 0.481 e. The first kappa shape index (κ1) is 12.6. The minimum absolute atomic E-state index is 0.108. The van der Waals surface area contributed by atoms with Crippen LogP contribution >= 0.6 is 0 Å². The Bertz CT molecular complexity index is 434. The molecule has 0 bridgehead atoms. The monoisotopic (exact) mass is 239 g/mol. The number of amides is 1. The third-order valence-corrected chi connectivity index (χ3v) is 1.83. The van der Waals surface area contributed by atoms with Crippen molar-refractivity contribution in [3.8, 4) is 0 Å². The van der Waals surface area contributed by atoms with Crippen LogP contribution < -0.4 is 5.32 Å². The first-order valence-electron chi connectivity index (χ1n) is 4.53. The van der Waals surface area contributed by atoms with E-state index in [1.54, 1.807) is 0 Å². The molecule has 0 aliphatic heterocycles. The maximum atomic E-state index is 11.5. The highest BCUT2D eigenvalue weighted by atomic mass is 16.4. The van der Waals surface area contributed by atoms with Crippen LogP contribution in [-0.4, -0.2) is 44.3 Å². The fraction of sp³-hybridized carbons (Fsp3) is 0.222. The summed E-state index contributed by atoms with van der Waals surface area (Å²) in [5.74, 6) is -3.44. The molecule has 0 aromatic carbocycles. The van der Waals surface area contributed by atoms with E-state index in [9.17, 15) is 14.4 Å². The lowest BCUT2D eigenvalue weighted by atomic mass is 10.2. The summed E-state index contributed by atoms with van der Waals surface area (Å²) < 4.78 is 0. The Labute approximate surface area is 95.3 Å². The maximum absolute atomic E-state index is 11.5. The summed E-state index contributed by atoms with van der Waals surface area (Å²) in [5.41, 5.74) is 0.108. The molecule has 0 saturated carbocycles. The Hall–Kier alpha value is -2.51. The van der Waals surface area contributed by atoms with E-state index in [0.29, 0.717) is 0 Å². The highest BCUT2D eigenvalue weighted by Gasteiger charge is 2.23. The molecule has 8 nitrogen and oxygen atoms in total. The van der Waals surface area contributed by atoms with Crippen LogP contribution in [-0.2, 0) is 9.59 Å². The van der Waals surface area contributed by atoms with E-state index in [0.717, 1.165) is 6.20 Å². The first-order valence-corrected chi connectivity index (χ1v) is 4.53. The Balaban J connectivity index is 2.71. The summed E-state index contributed by atoms with van der Waals surface area (Å²) in [7, 11) is 0. The van der Waals surface area contributed by atoms with E-state index in [-0.39, 0.29) is 5.56 Å². The molecule has 0 aliphatic carbocycles. The molecule has 0 saturated heterocycles. The zero-order valence-electron chi connectivity index (χ0n) is 8.53. The number of carboxylic acid groups (broad SMARTS) is 2. The van der Waals surface area contributed by atoms with Crippen LogP contribution in [0.15, 0.2) is 18.5 Å². The zero-order valence-corrected chi connectivity index (χ0v) is 8.53. The van der Waals surface area contributed by atoms with Crippen LogP contribution in [0.3, 0.4) is 0 Å². The van der Waals surface area contributed by atoms with Crippen molar-refractivity contribution < 1.29 is 24.6 Å². The number of nitrogens with one attached hydrogen (secondary N) is 1. The molecule has 1 rings (SSSR count). The zero-order chi connectivity index (χ0) is 12.8. The van der Waals surface area contributed by atoms with Gasteiger partial charge in [-0.15, -0.1) is 0 Å². The van der Waals surface area contributed by atoms with E-state index in [1.165, 1.54) is 12.3 Å². The van der Waals surface area contributed by atoms with Crippen LogP contribution in [0.2, 0.25) is 0 Å². The molecule has 17 heavy (non-hydrogen) atoms. The van der Waals surface area contributed by atoms with Gasteiger partial charge in [-0.1, -0.05) is 0 Å². The molecule has 90 valence electrons. The van der Waals surface area contributed by atoms with E-state index < -0.39 is 30.3 Å². The first-order chi connectivity index (χ1) is 8.00. The number of hydrogen-bond donors (Lipinski definition) is 3. The standard InChI is InChI=1S/C9H9N3O5/c13-7(14)3-6(9(16)17)12-8(15)5-1-2-10-11-4-5/h1-2,4,6H,3H2,(H,12,15)(H,13,14)(H,16,17)/t6-/m1/s1. The van der Waals surface area contributed by atoms with Gasteiger partial charge in [-0.25, -0.2) is 4.79 Å². The Morgan fingerprint density at radius 3 is 2.47 bits per heavy atom. The number of carboxylic acids is 2. The average molecular weight is 239 g/mol. The average Bonchev–Trinajstić information content (AvgIpc) is 2.28. The van der Waals surface area contributed by atoms with Crippen molar-refractivity contribution >= 4 is 17.8 Å². The number of aromatic nitrogens is 2. The molecule has 0 aliphatic rings. The fourth-order valence-electron chi connectivity index (χ4n) is 1.04. The number of nitrogens with zero attached hydrogens (tertiary/aromatic N) is 2. The van der Waals surface area contributed by atoms with E-state index in [4.69, 9.17) is 10.2 Å². The molecule has 0 radical (unpaired) electrons. The summed E-state index contributed by atoms with van der Waals surface area (Å²) >= 11 is 0. The van der Waals surface area contributed by atoms with Crippen molar-refractivity contribution in [2.24, 2.45) is 0 Å². The van der Waals surface area contributed by atoms with Crippen molar-refractivity contribution in [2.45, 2.75) is 12.5 Å². The minimum Gasteiger partial charge on any atom is -0.481 e. The Morgan fingerprint density at radius 1 is 1.29 bits per heavy atom. The Morgan fingerprint density at radius 2 is 2.00 bits per heavy atom. The summed E-state index contributed by atoms with van der Waals surface area (Å²) in [5, 5.41) is 26.2. The number of aliphatic carboxylic acids is 2. The summed E-state index contributed by atoms with van der Waals surface area (Å²) in [6.45, 7) is 0. The third-order valence-electron chi connectivity index (χ3n) is 1.83. The summed E-state index contributed by atoms with van der Waals surface area (Å²) in [4.78, 5) is 32.6. The predicted octanol–water partition coefficient (Wildman–Crippen LogP) is -0.866. The van der Waals surface area contributed by atoms with Gasteiger partial charge in [-0.05, 0) is 6.07 Å². The second-order valence-electron chi connectivity index (χ2n) is 3.09. The SMILES string of the molecule is O=C(O)C[C@@H](NC(=O)c1ccnnc1)C(=O)O. The molecule has 0 unspecified atom stereocenters. The van der Waals surface area contributed by atoms with Gasteiger partial charge in [-0.2, -0.15) is 10.2 Å². The van der Waals surface area contributed by atoms with Crippen LogP contribution in [0.5, 0.6) is 0 Å². The molecule has 3 N–H and O–H groups in total. The van der Waals surface area contributed by atoms with Gasteiger partial charge in [0.15, 0.2) is 0 Å². The van der Waals surface area contributed by atoms with Gasteiger partial charge in [0.25, 0.3) is 5.91 Å². The number of hydrogen-bond acceptors (Lipinski definition) is 5. The number of rotatable bonds is 5. The van der Waals surface area contributed by atoms with Gasteiger partial charge in [0, 0.05) is 0 Å². The van der Waals surface area contributed by atoms with Crippen LogP contribution in [0, 0.1) is 0 Å². The maximum Gasteiger partial charge on any atom is 0.326 e. The van der Waals surface area contributed by atoms with Gasteiger partial charge in [0.1, 0.15) is 6.04 Å². The lowest BCUT2D eigenvalue weighted by Crippen LogP contribution is -2.42. The number of carbonyl (C=O) groups is 3. The molecule has 1 amide bonds. The third kappa shape index (κ3) is 3.86. The summed E-state index contributed by atoms with van der Waals surface area (Å²) in [6.07, 6.45) is 1.72. The molecule has 8 heteroatoms. The van der Waals surface area contributed by atoms with E-state index in [1.807, 2.05) is 0 Å². The molecule has 0 fully saturated rings. The quantitative estimate of drug-likeness (QED) is 0.609. The van der Waals surface area contributed by atoms with Crippen molar-refractivity contribution in [1.82, 2.24) is 15.5 Å². The van der Waals surface area contributed by atoms with Gasteiger partial charge < -0.3 is 15.5 Å². The molecular weight excluding hydrogens is 230 g/mol. The lowest BCUT2D eigenvalue weighted by Gasteiger charge is -2.11. The van der Waals surface area contributed by atoms with Crippen LogP contribution in [0.25, 0.3) is 0 Å². The van der Waals surface area contributed by atoms with Crippen molar-refractivity contribution in [2.75, 3.05) is 0 Å². The summed E-state index contributed by atoms with van der Waals surface area (Å²) in [6, 6.07) is -0.143. The normalized spacial score (nSPS) is 11.5. The van der Waals surface area contributed by atoms with E-state index in [2.05, 4.69) is 15.5 Å². The molecule has 1 aromatic heterocycles. The number of carbonyl (C=O) groups excluding carboxylic acids is 1. The second-order valence-corrected chi connectivity index (χ2v) is 3.09. The van der Waals surface area contributed by atoms with Gasteiger partial charge in [0.05, 0.1) is 24.4 Å². The molecule has 0 spiro atoms. The van der Waals surface area contributed by atoms with Crippen molar-refractivity contribution in [1.29, 1.82) is 0 Å². The van der Waals surface area contributed by atoms with E-state index >= 15 is 0 Å². The smallest absolute Gasteiger partial charge is 0.326 e. The van der Waals surface area contributed by atoms with Gasteiger partial charge in [-0.3, -0.25) is 9.59 Å². The van der Waals surface area contributed by atoms with Crippen molar-refractivity contribution in [3.05, 3.63) is 24.0 Å². The fourth-order valence-corrected chi connectivity index (χ4v) is 1.04.